The standard InChI is InChI=1S/C24H26O5/c1-24(2,26)22-21(17-10-6-7-11-18(17)23(25)29-22)15-12-13-19(27-3)20(14-15)28-16-8-4-5-9-16/h6-7,10-14,16,26H,4-5,8-9H2,1-3H3. The van der Waals surface area contributed by atoms with Crippen molar-refractivity contribution >= 4 is 10.8 Å². The number of ether oxygens (including phenoxy) is 2. The molecular weight excluding hydrogens is 368 g/mol. The van der Waals surface area contributed by atoms with Crippen LogP contribution in [0.4, 0.5) is 0 Å². The van der Waals surface area contributed by atoms with Crippen molar-refractivity contribution in [3.8, 4) is 22.6 Å². The monoisotopic (exact) mass is 394 g/mol. The molecule has 1 fully saturated rings. The SMILES string of the molecule is COc1ccc(-c2c(C(C)(C)O)oc(=O)c3ccccc23)cc1OC1CCCC1. The summed E-state index contributed by atoms with van der Waals surface area (Å²) in [5.74, 6) is 1.55. The second-order valence-corrected chi connectivity index (χ2v) is 8.09. The van der Waals surface area contributed by atoms with Crippen molar-refractivity contribution in [1.29, 1.82) is 0 Å². The van der Waals surface area contributed by atoms with Gasteiger partial charge >= 0.3 is 5.63 Å². The van der Waals surface area contributed by atoms with Gasteiger partial charge in [0.15, 0.2) is 11.5 Å². The molecule has 29 heavy (non-hydrogen) atoms. The van der Waals surface area contributed by atoms with E-state index >= 15 is 0 Å². The number of aliphatic hydroxyl groups is 1. The molecule has 0 spiro atoms. The fourth-order valence-electron chi connectivity index (χ4n) is 4.03. The predicted molar refractivity (Wildman–Crippen MR) is 113 cm³/mol. The summed E-state index contributed by atoms with van der Waals surface area (Å²) < 4.78 is 17.3. The van der Waals surface area contributed by atoms with Gasteiger partial charge in [0.05, 0.1) is 18.6 Å². The highest BCUT2D eigenvalue weighted by molar-refractivity contribution is 5.97. The molecule has 1 aliphatic carbocycles. The molecule has 0 unspecified atom stereocenters. The Morgan fingerprint density at radius 3 is 2.38 bits per heavy atom. The third-order valence-electron chi connectivity index (χ3n) is 5.44. The Morgan fingerprint density at radius 1 is 1.03 bits per heavy atom. The predicted octanol–water partition coefficient (Wildman–Crippen LogP) is 5.02. The van der Waals surface area contributed by atoms with E-state index in [1.54, 1.807) is 33.1 Å². The molecule has 0 atom stereocenters. The summed E-state index contributed by atoms with van der Waals surface area (Å²) in [6.45, 7) is 3.23. The van der Waals surface area contributed by atoms with Crippen LogP contribution in [0.3, 0.4) is 0 Å². The van der Waals surface area contributed by atoms with E-state index in [0.717, 1.165) is 23.8 Å². The van der Waals surface area contributed by atoms with Gasteiger partial charge in [-0.05, 0) is 63.3 Å². The molecule has 3 aromatic rings. The first-order valence-electron chi connectivity index (χ1n) is 10.0. The molecule has 1 N–H and O–H groups in total. The summed E-state index contributed by atoms with van der Waals surface area (Å²) in [5, 5.41) is 11.9. The van der Waals surface area contributed by atoms with Crippen molar-refractivity contribution in [1.82, 2.24) is 0 Å². The molecule has 1 aliphatic rings. The van der Waals surface area contributed by atoms with Crippen LogP contribution >= 0.6 is 0 Å². The Hall–Kier alpha value is -2.79. The van der Waals surface area contributed by atoms with Crippen LogP contribution in [0.25, 0.3) is 21.9 Å². The zero-order chi connectivity index (χ0) is 20.6. The summed E-state index contributed by atoms with van der Waals surface area (Å²) in [5.41, 5.74) is -0.301. The van der Waals surface area contributed by atoms with Gasteiger partial charge in [0.25, 0.3) is 0 Å². The Morgan fingerprint density at radius 2 is 1.72 bits per heavy atom. The Bertz CT molecular complexity index is 1080. The van der Waals surface area contributed by atoms with E-state index in [0.29, 0.717) is 22.4 Å². The average molecular weight is 394 g/mol. The fourth-order valence-corrected chi connectivity index (χ4v) is 4.03. The van der Waals surface area contributed by atoms with E-state index in [2.05, 4.69) is 0 Å². The van der Waals surface area contributed by atoms with E-state index < -0.39 is 11.2 Å². The van der Waals surface area contributed by atoms with Crippen molar-refractivity contribution < 1.29 is 19.0 Å². The van der Waals surface area contributed by atoms with Crippen molar-refractivity contribution in [2.75, 3.05) is 7.11 Å². The quantitative estimate of drug-likeness (QED) is 0.658. The number of rotatable bonds is 5. The molecule has 0 bridgehead atoms. The van der Waals surface area contributed by atoms with E-state index in [1.807, 2.05) is 30.3 Å². The molecule has 1 aromatic heterocycles. The molecular formula is C24H26O5. The minimum atomic E-state index is -1.33. The van der Waals surface area contributed by atoms with Crippen molar-refractivity contribution in [2.45, 2.75) is 51.2 Å². The number of benzene rings is 2. The van der Waals surface area contributed by atoms with Crippen LogP contribution in [0.15, 0.2) is 51.7 Å². The lowest BCUT2D eigenvalue weighted by Gasteiger charge is -2.22. The fraction of sp³-hybridized carbons (Fsp3) is 0.375. The zero-order valence-electron chi connectivity index (χ0n) is 17.0. The van der Waals surface area contributed by atoms with Crippen LogP contribution in [0.1, 0.15) is 45.3 Å². The van der Waals surface area contributed by atoms with Gasteiger partial charge in [0.1, 0.15) is 11.4 Å². The Labute approximate surface area is 169 Å². The topological polar surface area (TPSA) is 68.9 Å². The third kappa shape index (κ3) is 3.75. The van der Waals surface area contributed by atoms with Gasteiger partial charge in [0, 0.05) is 10.9 Å². The van der Waals surface area contributed by atoms with Crippen molar-refractivity contribution in [3.63, 3.8) is 0 Å². The van der Waals surface area contributed by atoms with E-state index in [1.165, 1.54) is 12.8 Å². The molecule has 1 heterocycles. The van der Waals surface area contributed by atoms with Crippen LogP contribution in [-0.4, -0.2) is 18.3 Å². The minimum Gasteiger partial charge on any atom is -0.493 e. The first-order valence-corrected chi connectivity index (χ1v) is 10.0. The second kappa shape index (κ2) is 7.56. The molecule has 5 heteroatoms. The molecule has 4 rings (SSSR count). The molecule has 1 saturated carbocycles. The first kappa shape index (κ1) is 19.5. The summed E-state index contributed by atoms with van der Waals surface area (Å²) in [7, 11) is 1.62. The highest BCUT2D eigenvalue weighted by Gasteiger charge is 2.28. The summed E-state index contributed by atoms with van der Waals surface area (Å²) >= 11 is 0. The molecule has 0 aliphatic heterocycles. The highest BCUT2D eigenvalue weighted by Crippen LogP contribution is 2.40. The zero-order valence-corrected chi connectivity index (χ0v) is 17.0. The number of hydrogen-bond acceptors (Lipinski definition) is 5. The lowest BCUT2D eigenvalue weighted by molar-refractivity contribution is 0.0521. The molecule has 0 radical (unpaired) electrons. The molecule has 5 nitrogen and oxygen atoms in total. The van der Waals surface area contributed by atoms with Crippen LogP contribution in [-0.2, 0) is 5.60 Å². The highest BCUT2D eigenvalue weighted by atomic mass is 16.5. The van der Waals surface area contributed by atoms with Crippen LogP contribution in [0.2, 0.25) is 0 Å². The maximum Gasteiger partial charge on any atom is 0.343 e. The molecule has 2 aromatic carbocycles. The molecule has 0 amide bonds. The summed E-state index contributed by atoms with van der Waals surface area (Å²) in [6.07, 6.45) is 4.59. The van der Waals surface area contributed by atoms with Gasteiger partial charge in [-0.1, -0.05) is 24.3 Å². The summed E-state index contributed by atoms with van der Waals surface area (Å²) in [6, 6.07) is 12.9. The van der Waals surface area contributed by atoms with Gasteiger partial charge in [0.2, 0.25) is 0 Å². The molecule has 0 saturated heterocycles. The van der Waals surface area contributed by atoms with Gasteiger partial charge < -0.3 is 19.0 Å². The van der Waals surface area contributed by atoms with Gasteiger partial charge in [-0.15, -0.1) is 0 Å². The maximum atomic E-state index is 12.5. The normalized spacial score (nSPS) is 15.0. The minimum absolute atomic E-state index is 0.179. The third-order valence-corrected chi connectivity index (χ3v) is 5.44. The first-order chi connectivity index (χ1) is 13.9. The van der Waals surface area contributed by atoms with Crippen LogP contribution in [0.5, 0.6) is 11.5 Å². The Balaban J connectivity index is 1.94. The smallest absolute Gasteiger partial charge is 0.343 e. The Kier molecular flexibility index (Phi) is 5.09. The van der Waals surface area contributed by atoms with Crippen molar-refractivity contribution in [3.05, 3.63) is 58.6 Å². The average Bonchev–Trinajstić information content (AvgIpc) is 3.20. The lowest BCUT2D eigenvalue weighted by atomic mass is 9.92. The van der Waals surface area contributed by atoms with Gasteiger partial charge in [-0.3, -0.25) is 0 Å². The van der Waals surface area contributed by atoms with E-state index in [4.69, 9.17) is 13.9 Å². The van der Waals surface area contributed by atoms with Gasteiger partial charge in [-0.25, -0.2) is 4.79 Å². The number of fused-ring (bicyclic) bond motifs is 1. The lowest BCUT2D eigenvalue weighted by Crippen LogP contribution is -2.20. The number of hydrogen-bond donors (Lipinski definition) is 1. The second-order valence-electron chi connectivity index (χ2n) is 8.09. The van der Waals surface area contributed by atoms with Crippen molar-refractivity contribution in [2.24, 2.45) is 0 Å². The maximum absolute atomic E-state index is 12.5. The van der Waals surface area contributed by atoms with Crippen LogP contribution < -0.4 is 15.1 Å². The summed E-state index contributed by atoms with van der Waals surface area (Å²) in [4.78, 5) is 12.5. The van der Waals surface area contributed by atoms with E-state index in [-0.39, 0.29) is 11.9 Å². The largest absolute Gasteiger partial charge is 0.493 e. The van der Waals surface area contributed by atoms with Crippen LogP contribution in [0, 0.1) is 0 Å². The molecule has 152 valence electrons. The number of methoxy groups -OCH3 is 1. The van der Waals surface area contributed by atoms with Gasteiger partial charge in [-0.2, -0.15) is 0 Å². The van der Waals surface area contributed by atoms with E-state index in [9.17, 15) is 9.90 Å².